The van der Waals surface area contributed by atoms with Crippen molar-refractivity contribution in [2.45, 2.75) is 19.4 Å². The molecule has 1 unspecified atom stereocenters. The van der Waals surface area contributed by atoms with Gasteiger partial charge in [-0.05, 0) is 19.1 Å². The van der Waals surface area contributed by atoms with Gasteiger partial charge in [0, 0.05) is 6.42 Å². The summed E-state index contributed by atoms with van der Waals surface area (Å²) >= 11 is 0. The number of hydrazone groups is 1. The monoisotopic (exact) mass is 192 g/mol. The van der Waals surface area contributed by atoms with Crippen LogP contribution in [-0.2, 0) is 0 Å². The standard InChI is InChI=1S/C9H12N4O/c1-6-5-7(8-3-2-4-14-8)12-13(6)9(10)11/h2-4,6H,5H2,1H3,(H3,10,11). The molecule has 0 spiro atoms. The number of guanidine groups is 1. The summed E-state index contributed by atoms with van der Waals surface area (Å²) in [6.07, 6.45) is 2.37. The minimum absolute atomic E-state index is 0.0287. The molecule has 0 saturated heterocycles. The van der Waals surface area contributed by atoms with Crippen LogP contribution in [0, 0.1) is 5.41 Å². The topological polar surface area (TPSA) is 78.6 Å². The molecule has 2 rings (SSSR count). The first-order valence-corrected chi connectivity index (χ1v) is 4.43. The summed E-state index contributed by atoms with van der Waals surface area (Å²) in [7, 11) is 0. The molecule has 0 bridgehead atoms. The Morgan fingerprint density at radius 3 is 3.07 bits per heavy atom. The largest absolute Gasteiger partial charge is 0.463 e. The summed E-state index contributed by atoms with van der Waals surface area (Å²) in [5.41, 5.74) is 6.22. The van der Waals surface area contributed by atoms with E-state index in [4.69, 9.17) is 15.6 Å². The molecule has 1 aliphatic heterocycles. The molecule has 0 amide bonds. The van der Waals surface area contributed by atoms with Crippen LogP contribution in [0.4, 0.5) is 0 Å². The van der Waals surface area contributed by atoms with Gasteiger partial charge in [0.25, 0.3) is 0 Å². The minimum Gasteiger partial charge on any atom is -0.463 e. The van der Waals surface area contributed by atoms with E-state index in [1.54, 1.807) is 6.26 Å². The van der Waals surface area contributed by atoms with Gasteiger partial charge in [-0.2, -0.15) is 5.10 Å². The lowest BCUT2D eigenvalue weighted by Crippen LogP contribution is -2.35. The third-order valence-electron chi connectivity index (χ3n) is 2.19. The lowest BCUT2D eigenvalue weighted by Gasteiger charge is -2.16. The van der Waals surface area contributed by atoms with E-state index in [1.807, 2.05) is 19.1 Å². The molecule has 14 heavy (non-hydrogen) atoms. The number of hydrogen-bond acceptors (Lipinski definition) is 3. The highest BCUT2D eigenvalue weighted by Gasteiger charge is 2.26. The van der Waals surface area contributed by atoms with E-state index in [0.717, 1.165) is 17.9 Å². The van der Waals surface area contributed by atoms with Crippen molar-refractivity contribution in [3.05, 3.63) is 24.2 Å². The van der Waals surface area contributed by atoms with E-state index in [9.17, 15) is 0 Å². The molecule has 5 nitrogen and oxygen atoms in total. The van der Waals surface area contributed by atoms with Crippen LogP contribution in [0.15, 0.2) is 27.9 Å². The number of nitrogens with two attached hydrogens (primary N) is 1. The van der Waals surface area contributed by atoms with Gasteiger partial charge in [-0.3, -0.25) is 5.41 Å². The maximum atomic E-state index is 7.30. The van der Waals surface area contributed by atoms with Crippen LogP contribution in [0.2, 0.25) is 0 Å². The van der Waals surface area contributed by atoms with Crippen LogP contribution in [0.1, 0.15) is 19.1 Å². The third kappa shape index (κ3) is 1.37. The van der Waals surface area contributed by atoms with Gasteiger partial charge in [-0.15, -0.1) is 0 Å². The second-order valence-electron chi connectivity index (χ2n) is 3.31. The fraction of sp³-hybridized carbons (Fsp3) is 0.333. The van der Waals surface area contributed by atoms with Gasteiger partial charge in [0.05, 0.1) is 12.3 Å². The van der Waals surface area contributed by atoms with Gasteiger partial charge in [0.2, 0.25) is 5.96 Å². The number of nitrogens with zero attached hydrogens (tertiary/aromatic N) is 2. The molecule has 2 heterocycles. The van der Waals surface area contributed by atoms with Gasteiger partial charge >= 0.3 is 0 Å². The lowest BCUT2D eigenvalue weighted by atomic mass is 10.1. The Morgan fingerprint density at radius 2 is 2.57 bits per heavy atom. The SMILES string of the molecule is CC1CC(c2ccco2)=NN1C(=N)N. The Balaban J connectivity index is 2.25. The number of rotatable bonds is 1. The average Bonchev–Trinajstić information content (AvgIpc) is 2.70. The number of furan rings is 1. The Kier molecular flexibility index (Phi) is 1.99. The van der Waals surface area contributed by atoms with Gasteiger partial charge in [0.1, 0.15) is 11.5 Å². The summed E-state index contributed by atoms with van der Waals surface area (Å²) in [5, 5.41) is 13.0. The van der Waals surface area contributed by atoms with Gasteiger partial charge in [-0.25, -0.2) is 5.01 Å². The molecule has 1 aliphatic rings. The first kappa shape index (κ1) is 8.80. The molecule has 5 heteroatoms. The van der Waals surface area contributed by atoms with Crippen molar-refractivity contribution in [3.8, 4) is 0 Å². The Bertz CT molecular complexity index is 368. The van der Waals surface area contributed by atoms with Crippen molar-refractivity contribution in [1.29, 1.82) is 5.41 Å². The van der Waals surface area contributed by atoms with Crippen molar-refractivity contribution < 1.29 is 4.42 Å². The third-order valence-corrected chi connectivity index (χ3v) is 2.19. The predicted octanol–water partition coefficient (Wildman–Crippen LogP) is 0.971. The highest BCUT2D eigenvalue weighted by atomic mass is 16.3. The average molecular weight is 192 g/mol. The molecule has 0 saturated carbocycles. The molecule has 0 aromatic carbocycles. The lowest BCUT2D eigenvalue weighted by molar-refractivity contribution is 0.378. The van der Waals surface area contributed by atoms with Gasteiger partial charge < -0.3 is 10.2 Å². The summed E-state index contributed by atoms with van der Waals surface area (Å²) in [4.78, 5) is 0. The molecular weight excluding hydrogens is 180 g/mol. The minimum atomic E-state index is -0.0287. The van der Waals surface area contributed by atoms with Gasteiger partial charge in [0.15, 0.2) is 0 Å². The van der Waals surface area contributed by atoms with Crippen molar-refractivity contribution in [2.75, 3.05) is 0 Å². The molecule has 74 valence electrons. The Hall–Kier alpha value is -1.78. The van der Waals surface area contributed by atoms with E-state index in [2.05, 4.69) is 5.10 Å². The number of nitrogens with one attached hydrogen (secondary N) is 1. The van der Waals surface area contributed by atoms with Crippen molar-refractivity contribution in [3.63, 3.8) is 0 Å². The van der Waals surface area contributed by atoms with Crippen molar-refractivity contribution in [2.24, 2.45) is 10.8 Å². The fourth-order valence-corrected chi connectivity index (χ4v) is 1.52. The summed E-state index contributed by atoms with van der Waals surface area (Å²) in [6, 6.07) is 3.81. The zero-order valence-corrected chi connectivity index (χ0v) is 7.90. The van der Waals surface area contributed by atoms with E-state index in [1.165, 1.54) is 5.01 Å². The predicted molar refractivity (Wildman–Crippen MR) is 53.1 cm³/mol. The zero-order chi connectivity index (χ0) is 10.1. The van der Waals surface area contributed by atoms with E-state index in [0.29, 0.717) is 0 Å². The quantitative estimate of drug-likeness (QED) is 0.514. The molecule has 0 fully saturated rings. The first-order chi connectivity index (χ1) is 6.68. The molecule has 1 aromatic rings. The number of hydrogen-bond donors (Lipinski definition) is 2. The van der Waals surface area contributed by atoms with E-state index < -0.39 is 0 Å². The molecule has 0 aliphatic carbocycles. The Labute approximate surface area is 81.7 Å². The van der Waals surface area contributed by atoms with Crippen LogP contribution in [-0.4, -0.2) is 22.7 Å². The zero-order valence-electron chi connectivity index (χ0n) is 7.90. The highest BCUT2D eigenvalue weighted by Crippen LogP contribution is 2.19. The van der Waals surface area contributed by atoms with Crippen LogP contribution in [0.25, 0.3) is 0 Å². The first-order valence-electron chi connectivity index (χ1n) is 4.43. The summed E-state index contributed by atoms with van der Waals surface area (Å²) < 4.78 is 5.23. The molecular formula is C9H12N4O. The Morgan fingerprint density at radius 1 is 1.79 bits per heavy atom. The smallest absolute Gasteiger partial charge is 0.209 e. The maximum Gasteiger partial charge on any atom is 0.209 e. The van der Waals surface area contributed by atoms with E-state index in [-0.39, 0.29) is 12.0 Å². The second kappa shape index (κ2) is 3.17. The molecule has 3 N–H and O–H groups in total. The molecule has 1 atom stereocenters. The molecule has 1 aromatic heterocycles. The van der Waals surface area contributed by atoms with Crippen LogP contribution >= 0.6 is 0 Å². The van der Waals surface area contributed by atoms with Gasteiger partial charge in [-0.1, -0.05) is 0 Å². The van der Waals surface area contributed by atoms with Crippen LogP contribution < -0.4 is 5.73 Å². The van der Waals surface area contributed by atoms with E-state index >= 15 is 0 Å². The molecule has 0 radical (unpaired) electrons. The van der Waals surface area contributed by atoms with Crippen LogP contribution in [0.3, 0.4) is 0 Å². The normalized spacial score (nSPS) is 21.1. The summed E-state index contributed by atoms with van der Waals surface area (Å²) in [6.45, 7) is 1.97. The van der Waals surface area contributed by atoms with Crippen molar-refractivity contribution in [1.82, 2.24) is 5.01 Å². The fourth-order valence-electron chi connectivity index (χ4n) is 1.52. The summed E-state index contributed by atoms with van der Waals surface area (Å²) in [5.74, 6) is 0.722. The van der Waals surface area contributed by atoms with Crippen molar-refractivity contribution >= 4 is 11.7 Å². The van der Waals surface area contributed by atoms with Crippen LogP contribution in [0.5, 0.6) is 0 Å². The highest BCUT2D eigenvalue weighted by molar-refractivity contribution is 6.00. The second-order valence-corrected chi connectivity index (χ2v) is 3.31. The maximum absolute atomic E-state index is 7.30.